The Labute approximate surface area is 135 Å². The molecule has 1 aromatic heterocycles. The van der Waals surface area contributed by atoms with E-state index in [2.05, 4.69) is 41.0 Å². The second-order valence-corrected chi connectivity index (χ2v) is 5.66. The molecule has 0 amide bonds. The van der Waals surface area contributed by atoms with Crippen molar-refractivity contribution >= 4 is 23.6 Å². The van der Waals surface area contributed by atoms with Crippen LogP contribution in [0.25, 0.3) is 6.08 Å². The van der Waals surface area contributed by atoms with Gasteiger partial charge in [-0.25, -0.2) is 4.79 Å². The summed E-state index contributed by atoms with van der Waals surface area (Å²) in [5.41, 5.74) is 2.53. The number of piperazine rings is 1. The number of anilines is 2. The van der Waals surface area contributed by atoms with E-state index in [4.69, 9.17) is 9.52 Å². The second kappa shape index (κ2) is 6.60. The number of aliphatic carboxylic acids is 1. The Morgan fingerprint density at radius 1 is 1.13 bits per heavy atom. The van der Waals surface area contributed by atoms with Gasteiger partial charge in [0.2, 0.25) is 0 Å². The lowest BCUT2D eigenvalue weighted by Crippen LogP contribution is -2.46. The lowest BCUT2D eigenvalue weighted by molar-refractivity contribution is -0.131. The molecule has 1 aromatic carbocycles. The molecular formula is C18H20N2O3. The molecule has 0 spiro atoms. The third-order valence-electron chi connectivity index (χ3n) is 3.96. The van der Waals surface area contributed by atoms with Gasteiger partial charge in [-0.05, 0) is 36.8 Å². The van der Waals surface area contributed by atoms with E-state index in [1.54, 1.807) is 6.07 Å². The van der Waals surface area contributed by atoms with Crippen LogP contribution >= 0.6 is 0 Å². The van der Waals surface area contributed by atoms with Gasteiger partial charge in [0.15, 0.2) is 5.88 Å². The molecule has 5 nitrogen and oxygen atoms in total. The fraction of sp³-hybridized carbons (Fsp3) is 0.278. The first-order valence-electron chi connectivity index (χ1n) is 7.69. The number of carboxylic acid groups (broad SMARTS) is 1. The number of furan rings is 1. The molecule has 0 aliphatic carbocycles. The van der Waals surface area contributed by atoms with Crippen molar-refractivity contribution in [2.75, 3.05) is 36.0 Å². The van der Waals surface area contributed by atoms with E-state index in [0.717, 1.165) is 38.1 Å². The summed E-state index contributed by atoms with van der Waals surface area (Å²) in [4.78, 5) is 15.1. The Hall–Kier alpha value is -2.69. The first-order valence-corrected chi connectivity index (χ1v) is 7.69. The first kappa shape index (κ1) is 15.2. The summed E-state index contributed by atoms with van der Waals surface area (Å²) in [6.45, 7) is 5.73. The van der Waals surface area contributed by atoms with Crippen LogP contribution in [0.15, 0.2) is 46.9 Å². The van der Waals surface area contributed by atoms with Crippen LogP contribution in [0, 0.1) is 6.92 Å². The zero-order valence-corrected chi connectivity index (χ0v) is 13.1. The molecule has 1 N–H and O–H groups in total. The molecule has 1 aliphatic heterocycles. The lowest BCUT2D eigenvalue weighted by Gasteiger charge is -2.36. The van der Waals surface area contributed by atoms with E-state index in [1.807, 2.05) is 6.07 Å². The maximum Gasteiger partial charge on any atom is 0.328 e. The zero-order chi connectivity index (χ0) is 16.2. The molecule has 0 saturated carbocycles. The summed E-state index contributed by atoms with van der Waals surface area (Å²) in [7, 11) is 0. The fourth-order valence-corrected chi connectivity index (χ4v) is 2.76. The van der Waals surface area contributed by atoms with E-state index in [-0.39, 0.29) is 0 Å². The van der Waals surface area contributed by atoms with E-state index >= 15 is 0 Å². The van der Waals surface area contributed by atoms with Crippen molar-refractivity contribution in [3.8, 4) is 0 Å². The highest BCUT2D eigenvalue weighted by molar-refractivity contribution is 5.84. The maximum absolute atomic E-state index is 10.5. The van der Waals surface area contributed by atoms with Gasteiger partial charge in [0.05, 0.1) is 0 Å². The van der Waals surface area contributed by atoms with Gasteiger partial charge < -0.3 is 19.3 Å². The topological polar surface area (TPSA) is 56.9 Å². The summed E-state index contributed by atoms with van der Waals surface area (Å²) in [5, 5.41) is 8.64. The minimum absolute atomic E-state index is 0.559. The molecule has 1 saturated heterocycles. The number of benzene rings is 1. The molecule has 0 radical (unpaired) electrons. The van der Waals surface area contributed by atoms with Crippen LogP contribution in [-0.2, 0) is 4.79 Å². The van der Waals surface area contributed by atoms with Gasteiger partial charge in [0.25, 0.3) is 0 Å². The zero-order valence-electron chi connectivity index (χ0n) is 13.1. The van der Waals surface area contributed by atoms with Crippen molar-refractivity contribution in [1.82, 2.24) is 0 Å². The van der Waals surface area contributed by atoms with Crippen molar-refractivity contribution in [3.05, 3.63) is 53.8 Å². The number of carbonyl (C=O) groups is 1. The molecule has 0 unspecified atom stereocenters. The van der Waals surface area contributed by atoms with Crippen molar-refractivity contribution in [2.45, 2.75) is 6.92 Å². The van der Waals surface area contributed by atoms with E-state index in [9.17, 15) is 4.79 Å². The van der Waals surface area contributed by atoms with Crippen molar-refractivity contribution in [1.29, 1.82) is 0 Å². The van der Waals surface area contributed by atoms with Gasteiger partial charge in [-0.2, -0.15) is 0 Å². The predicted octanol–water partition coefficient (Wildman–Crippen LogP) is 3.01. The molecule has 1 aliphatic rings. The van der Waals surface area contributed by atoms with E-state index in [0.29, 0.717) is 5.76 Å². The van der Waals surface area contributed by atoms with E-state index in [1.165, 1.54) is 17.3 Å². The SMILES string of the molecule is Cc1cccc(N2CCN(c3ccc(/C=C/C(=O)O)o3)CC2)c1. The van der Waals surface area contributed by atoms with Crippen LogP contribution in [-0.4, -0.2) is 37.3 Å². The van der Waals surface area contributed by atoms with E-state index < -0.39 is 5.97 Å². The number of rotatable bonds is 4. The van der Waals surface area contributed by atoms with Crippen molar-refractivity contribution < 1.29 is 14.3 Å². The molecule has 3 rings (SSSR count). The summed E-state index contributed by atoms with van der Waals surface area (Å²) in [6.07, 6.45) is 2.55. The third-order valence-corrected chi connectivity index (χ3v) is 3.96. The van der Waals surface area contributed by atoms with Gasteiger partial charge in [0.1, 0.15) is 5.76 Å². The Morgan fingerprint density at radius 2 is 1.87 bits per heavy atom. The van der Waals surface area contributed by atoms with Crippen LogP contribution in [0.4, 0.5) is 11.6 Å². The second-order valence-electron chi connectivity index (χ2n) is 5.66. The molecule has 0 atom stereocenters. The average Bonchev–Trinajstić information content (AvgIpc) is 3.02. The van der Waals surface area contributed by atoms with Gasteiger partial charge in [-0.1, -0.05) is 12.1 Å². The summed E-state index contributed by atoms with van der Waals surface area (Å²) >= 11 is 0. The largest absolute Gasteiger partial charge is 0.478 e. The van der Waals surface area contributed by atoms with Gasteiger partial charge >= 0.3 is 5.97 Å². The molecule has 5 heteroatoms. The number of aryl methyl sites for hydroxylation is 1. The smallest absolute Gasteiger partial charge is 0.328 e. The lowest BCUT2D eigenvalue weighted by atomic mass is 10.2. The standard InChI is InChI=1S/C18H20N2O3/c1-14-3-2-4-15(13-14)19-9-11-20(12-10-19)17-7-5-16(23-17)6-8-18(21)22/h2-8,13H,9-12H2,1H3,(H,21,22)/b8-6+. The van der Waals surface area contributed by atoms with Crippen LogP contribution in [0.1, 0.15) is 11.3 Å². The molecule has 1 fully saturated rings. The minimum atomic E-state index is -0.977. The van der Waals surface area contributed by atoms with Gasteiger partial charge in [0, 0.05) is 44.0 Å². The Kier molecular flexibility index (Phi) is 4.37. The number of hydrogen-bond acceptors (Lipinski definition) is 4. The number of nitrogens with zero attached hydrogens (tertiary/aromatic N) is 2. The minimum Gasteiger partial charge on any atom is -0.478 e. The molecule has 2 heterocycles. The maximum atomic E-state index is 10.5. The highest BCUT2D eigenvalue weighted by atomic mass is 16.4. The summed E-state index contributed by atoms with van der Waals surface area (Å²) < 4.78 is 5.69. The van der Waals surface area contributed by atoms with Crippen LogP contribution < -0.4 is 9.80 Å². The van der Waals surface area contributed by atoms with Crippen molar-refractivity contribution in [3.63, 3.8) is 0 Å². The average molecular weight is 312 g/mol. The Bertz CT molecular complexity index is 713. The number of carboxylic acids is 1. The molecule has 23 heavy (non-hydrogen) atoms. The third kappa shape index (κ3) is 3.74. The normalized spacial score (nSPS) is 15.3. The molecule has 0 bridgehead atoms. The van der Waals surface area contributed by atoms with Crippen LogP contribution in [0.3, 0.4) is 0 Å². The molecule has 120 valence electrons. The van der Waals surface area contributed by atoms with Crippen molar-refractivity contribution in [2.24, 2.45) is 0 Å². The quantitative estimate of drug-likeness (QED) is 0.880. The molecular weight excluding hydrogens is 292 g/mol. The first-order chi connectivity index (χ1) is 11.1. The van der Waals surface area contributed by atoms with Crippen LogP contribution in [0.5, 0.6) is 0 Å². The van der Waals surface area contributed by atoms with Crippen LogP contribution in [0.2, 0.25) is 0 Å². The summed E-state index contributed by atoms with van der Waals surface area (Å²) in [5.74, 6) is 0.372. The van der Waals surface area contributed by atoms with Gasteiger partial charge in [-0.15, -0.1) is 0 Å². The Balaban J connectivity index is 1.62. The highest BCUT2D eigenvalue weighted by Crippen LogP contribution is 2.23. The number of hydrogen-bond donors (Lipinski definition) is 1. The Morgan fingerprint density at radius 3 is 2.57 bits per heavy atom. The highest BCUT2D eigenvalue weighted by Gasteiger charge is 2.19. The monoisotopic (exact) mass is 312 g/mol. The predicted molar refractivity (Wildman–Crippen MR) is 91.0 cm³/mol. The molecule has 2 aromatic rings. The summed E-state index contributed by atoms with van der Waals surface area (Å²) in [6, 6.07) is 12.2. The van der Waals surface area contributed by atoms with Gasteiger partial charge in [-0.3, -0.25) is 0 Å². The fourth-order valence-electron chi connectivity index (χ4n) is 2.76.